The zero-order chi connectivity index (χ0) is 25.8. The monoisotopic (exact) mass is 627 g/mol. The molecule has 0 aliphatic heterocycles. The molecule has 4 nitrogen and oxygen atoms in total. The van der Waals surface area contributed by atoms with Crippen molar-refractivity contribution in [3.8, 4) is 5.75 Å². The van der Waals surface area contributed by atoms with E-state index in [1.54, 1.807) is 0 Å². The van der Waals surface area contributed by atoms with E-state index in [0.29, 0.717) is 17.6 Å². The van der Waals surface area contributed by atoms with Crippen molar-refractivity contribution in [3.63, 3.8) is 0 Å². The molecule has 0 N–H and O–H groups in total. The highest BCUT2D eigenvalue weighted by molar-refractivity contribution is 14.1. The van der Waals surface area contributed by atoms with E-state index in [0.717, 1.165) is 11.3 Å². The number of hydrogen-bond acceptors (Lipinski definition) is 4. The minimum atomic E-state index is -0.409. The van der Waals surface area contributed by atoms with Crippen LogP contribution in [-0.2, 0) is 25.2 Å². The minimum Gasteiger partial charge on any atom is -0.461 e. The lowest BCUT2D eigenvalue weighted by molar-refractivity contribution is -0.155. The van der Waals surface area contributed by atoms with Gasteiger partial charge in [0.15, 0.2) is 14.7 Å². The van der Waals surface area contributed by atoms with E-state index in [1.165, 1.54) is 29.1 Å². The van der Waals surface area contributed by atoms with Crippen LogP contribution in [0.4, 0.5) is 0 Å². The van der Waals surface area contributed by atoms with Gasteiger partial charge in [0, 0.05) is 0 Å². The van der Waals surface area contributed by atoms with Crippen LogP contribution < -0.4 is 4.74 Å². The molecule has 0 saturated heterocycles. The summed E-state index contributed by atoms with van der Waals surface area (Å²) in [6, 6.07) is 28.7. The normalized spacial score (nSPS) is 22.0. The molecule has 2 aliphatic carbocycles. The molecule has 6 heteroatoms. The zero-order valence-electron chi connectivity index (χ0n) is 20.9. The summed E-state index contributed by atoms with van der Waals surface area (Å²) in [7, 11) is -0.257. The van der Waals surface area contributed by atoms with Crippen LogP contribution in [-0.4, -0.2) is 22.0 Å². The lowest BCUT2D eigenvalue weighted by atomic mass is 9.83. The van der Waals surface area contributed by atoms with E-state index in [2.05, 4.69) is 71.1 Å². The van der Waals surface area contributed by atoms with Crippen LogP contribution >= 0.6 is 22.6 Å². The van der Waals surface area contributed by atoms with Gasteiger partial charge in [0.2, 0.25) is 0 Å². The van der Waals surface area contributed by atoms with E-state index in [-0.39, 0.29) is 39.1 Å². The van der Waals surface area contributed by atoms with Crippen molar-refractivity contribution in [1.29, 1.82) is 0 Å². The first kappa shape index (κ1) is 26.3. The molecular weight excluding hydrogens is 595 g/mol. The number of carbonyl (C=O) groups is 2. The number of carbonyl (C=O) groups excluding carboxylic acids is 2. The number of benzene rings is 3. The van der Waals surface area contributed by atoms with Gasteiger partial charge in [-0.25, -0.2) is 0 Å². The van der Waals surface area contributed by atoms with Crippen LogP contribution in [0.2, 0.25) is 0 Å². The zero-order valence-corrected chi connectivity index (χ0v) is 23.9. The first-order chi connectivity index (χ1) is 18.0. The fraction of sp³-hybridized carbons (Fsp3) is 0.355. The fourth-order valence-corrected chi connectivity index (χ4v) is 8.01. The number of halogens is 1. The lowest BCUT2D eigenvalue weighted by Gasteiger charge is -2.30. The first-order valence-electron chi connectivity index (χ1n) is 13.0. The molecule has 0 heterocycles. The summed E-state index contributed by atoms with van der Waals surface area (Å²) in [6.45, 7) is 1.82. The van der Waals surface area contributed by atoms with Crippen LogP contribution in [0.1, 0.15) is 39.0 Å². The molecule has 3 aromatic rings. The Kier molecular flexibility index (Phi) is 8.55. The molecule has 0 radical (unpaired) electrons. The molecule has 0 aromatic heterocycles. The van der Waals surface area contributed by atoms with Crippen LogP contribution in [0.3, 0.4) is 0 Å². The number of hydrogen-bond donors (Lipinski definition) is 0. The molecular formula is C31H32IO4S+. The van der Waals surface area contributed by atoms with Crippen LogP contribution in [0.25, 0.3) is 0 Å². The molecule has 0 spiro atoms. The SMILES string of the molecule is CC(I)C(=O)OC(CC(=O)Oc1ccc([S+](c2ccccc2)c2ccccc2)cc1)C1CC2CCC1C2. The maximum atomic E-state index is 13.0. The highest BCUT2D eigenvalue weighted by atomic mass is 127. The van der Waals surface area contributed by atoms with Crippen molar-refractivity contribution in [3.05, 3.63) is 84.9 Å². The Bertz CT molecular complexity index is 1160. The van der Waals surface area contributed by atoms with Gasteiger partial charge in [-0.3, -0.25) is 9.59 Å². The molecule has 2 bridgehead atoms. The summed E-state index contributed by atoms with van der Waals surface area (Å²) < 4.78 is 11.4. The highest BCUT2D eigenvalue weighted by Gasteiger charge is 2.45. The second-order valence-corrected chi connectivity index (χ2v) is 13.9. The van der Waals surface area contributed by atoms with Gasteiger partial charge in [-0.2, -0.15) is 0 Å². The Morgan fingerprint density at radius 1 is 0.865 bits per heavy atom. The summed E-state index contributed by atoms with van der Waals surface area (Å²) in [5.74, 6) is 1.43. The third-order valence-corrected chi connectivity index (χ3v) is 10.2. The molecule has 37 heavy (non-hydrogen) atoms. The second kappa shape index (κ2) is 12.0. The van der Waals surface area contributed by atoms with Gasteiger partial charge in [0.25, 0.3) is 0 Å². The van der Waals surface area contributed by atoms with Crippen molar-refractivity contribution in [2.75, 3.05) is 0 Å². The number of esters is 2. The quantitative estimate of drug-likeness (QED) is 0.0825. The van der Waals surface area contributed by atoms with Crippen molar-refractivity contribution in [2.24, 2.45) is 17.8 Å². The van der Waals surface area contributed by atoms with Gasteiger partial charge in [0.05, 0.1) is 17.3 Å². The standard InChI is InChI=1S/C31H32IO4S/c1-21(32)31(34)36-29(28-19-22-12-13-23(28)18-22)20-30(33)35-24-14-16-27(17-15-24)37(25-8-4-2-5-9-25)26-10-6-3-7-11-26/h2-11,14-17,21-23,28-29H,12-13,18-20H2,1H3/q+1. The van der Waals surface area contributed by atoms with Gasteiger partial charge in [-0.1, -0.05) is 65.4 Å². The molecule has 192 valence electrons. The number of ether oxygens (including phenoxy) is 2. The van der Waals surface area contributed by atoms with Crippen molar-refractivity contribution < 1.29 is 19.1 Å². The average molecular weight is 628 g/mol. The number of fused-ring (bicyclic) bond motifs is 2. The van der Waals surface area contributed by atoms with Gasteiger partial charge in [-0.15, -0.1) is 0 Å². The summed E-state index contributed by atoms with van der Waals surface area (Å²) in [5.41, 5.74) is 0. The molecule has 5 atom stereocenters. The molecule has 3 aromatic carbocycles. The summed E-state index contributed by atoms with van der Waals surface area (Å²) in [5, 5.41) is 0. The second-order valence-electron chi connectivity index (χ2n) is 10.0. The Morgan fingerprint density at radius 2 is 1.46 bits per heavy atom. The molecule has 2 fully saturated rings. The van der Waals surface area contributed by atoms with Crippen molar-refractivity contribution in [1.82, 2.24) is 0 Å². The summed E-state index contributed by atoms with van der Waals surface area (Å²) in [6.07, 6.45) is 4.36. The third kappa shape index (κ3) is 6.40. The topological polar surface area (TPSA) is 52.6 Å². The van der Waals surface area contributed by atoms with Gasteiger partial charge in [0.1, 0.15) is 15.8 Å². The summed E-state index contributed by atoms with van der Waals surface area (Å²) in [4.78, 5) is 29.0. The Labute approximate surface area is 235 Å². The Hall–Kier alpha value is -2.32. The maximum Gasteiger partial charge on any atom is 0.318 e. The van der Waals surface area contributed by atoms with E-state index >= 15 is 0 Å². The van der Waals surface area contributed by atoms with Crippen molar-refractivity contribution in [2.45, 2.75) is 63.7 Å². The third-order valence-electron chi connectivity index (χ3n) is 7.48. The molecule has 5 rings (SSSR count). The Balaban J connectivity index is 1.29. The van der Waals surface area contributed by atoms with E-state index in [4.69, 9.17) is 9.47 Å². The van der Waals surface area contributed by atoms with Crippen molar-refractivity contribution >= 4 is 45.4 Å². The first-order valence-corrected chi connectivity index (χ1v) is 15.4. The van der Waals surface area contributed by atoms with Crippen LogP contribution in [0, 0.1) is 17.8 Å². The number of rotatable bonds is 9. The lowest BCUT2D eigenvalue weighted by Crippen LogP contribution is -2.35. The molecule has 0 amide bonds. The summed E-state index contributed by atoms with van der Waals surface area (Å²) >= 11 is 2.07. The number of alkyl halides is 1. The predicted octanol–water partition coefficient (Wildman–Crippen LogP) is 7.25. The Morgan fingerprint density at radius 3 is 1.97 bits per heavy atom. The van der Waals surface area contributed by atoms with E-state index < -0.39 is 6.10 Å². The van der Waals surface area contributed by atoms with Crippen LogP contribution in [0.5, 0.6) is 5.75 Å². The van der Waals surface area contributed by atoms with Gasteiger partial charge in [-0.05, 0) is 92.5 Å². The van der Waals surface area contributed by atoms with Gasteiger partial charge < -0.3 is 9.47 Å². The van der Waals surface area contributed by atoms with E-state index in [9.17, 15) is 9.59 Å². The average Bonchev–Trinajstić information content (AvgIpc) is 3.55. The molecule has 2 saturated carbocycles. The molecule has 2 aliphatic rings. The maximum absolute atomic E-state index is 13.0. The predicted molar refractivity (Wildman–Crippen MR) is 154 cm³/mol. The van der Waals surface area contributed by atoms with Gasteiger partial charge >= 0.3 is 11.9 Å². The molecule has 5 unspecified atom stereocenters. The minimum absolute atomic E-state index is 0.100. The van der Waals surface area contributed by atoms with Crippen LogP contribution in [0.15, 0.2) is 99.6 Å². The largest absolute Gasteiger partial charge is 0.461 e. The fourth-order valence-electron chi connectivity index (χ4n) is 5.78. The smallest absolute Gasteiger partial charge is 0.318 e. The highest BCUT2D eigenvalue weighted by Crippen LogP contribution is 2.50. The van der Waals surface area contributed by atoms with E-state index in [1.807, 2.05) is 43.3 Å².